The molecule has 0 saturated heterocycles. The summed E-state index contributed by atoms with van der Waals surface area (Å²) in [6, 6.07) is 3.46. The molecule has 2 heterocycles. The van der Waals surface area contributed by atoms with Crippen LogP contribution in [0.4, 0.5) is 5.82 Å². The van der Waals surface area contributed by atoms with Crippen LogP contribution < -0.4 is 4.90 Å². The lowest BCUT2D eigenvalue weighted by Gasteiger charge is -2.22. The first-order valence-electron chi connectivity index (χ1n) is 7.10. The van der Waals surface area contributed by atoms with E-state index < -0.39 is 9.84 Å². The monoisotopic (exact) mass is 305 g/mol. The Balaban J connectivity index is 2.25. The van der Waals surface area contributed by atoms with Crippen molar-refractivity contribution in [3.05, 3.63) is 24.0 Å². The highest BCUT2D eigenvalue weighted by Gasteiger charge is 2.29. The number of sulfone groups is 1. The van der Waals surface area contributed by atoms with Crippen LogP contribution in [0.25, 0.3) is 10.9 Å². The summed E-state index contributed by atoms with van der Waals surface area (Å²) in [5, 5.41) is 0.888. The number of aryl methyl sites for hydroxylation is 1. The van der Waals surface area contributed by atoms with Crippen LogP contribution in [0.5, 0.6) is 0 Å². The highest BCUT2D eigenvalue weighted by atomic mass is 32.2. The predicted molar refractivity (Wildman–Crippen MR) is 83.4 cm³/mol. The number of nitrogens with zero attached hydrogens (tertiary/aromatic N) is 3. The molecule has 0 spiro atoms. The van der Waals surface area contributed by atoms with Gasteiger partial charge in [0.15, 0.2) is 9.84 Å². The van der Waals surface area contributed by atoms with Gasteiger partial charge in [-0.15, -0.1) is 0 Å². The van der Waals surface area contributed by atoms with Crippen molar-refractivity contribution in [1.82, 2.24) is 9.97 Å². The SMILES string of the molecule is CC(C)CN(C)c1ncnc2ccc3c(c12)CCS3(=O)=O. The molecule has 3 rings (SSSR count). The highest BCUT2D eigenvalue weighted by molar-refractivity contribution is 7.91. The van der Waals surface area contributed by atoms with Gasteiger partial charge >= 0.3 is 0 Å². The van der Waals surface area contributed by atoms with Crippen molar-refractivity contribution in [3.8, 4) is 0 Å². The number of rotatable bonds is 3. The molecule has 1 aliphatic rings. The molecular formula is C15H19N3O2S. The molecule has 5 nitrogen and oxygen atoms in total. The first-order chi connectivity index (χ1) is 9.90. The van der Waals surface area contributed by atoms with Crippen LogP contribution >= 0.6 is 0 Å². The molecule has 112 valence electrons. The molecule has 0 N–H and O–H groups in total. The van der Waals surface area contributed by atoms with Crippen molar-refractivity contribution in [2.75, 3.05) is 24.2 Å². The van der Waals surface area contributed by atoms with E-state index in [4.69, 9.17) is 0 Å². The molecule has 1 aromatic heterocycles. The van der Waals surface area contributed by atoms with E-state index in [1.807, 2.05) is 7.05 Å². The molecule has 0 atom stereocenters. The molecule has 0 saturated carbocycles. The first kappa shape index (κ1) is 14.3. The summed E-state index contributed by atoms with van der Waals surface area (Å²) >= 11 is 0. The van der Waals surface area contributed by atoms with E-state index in [9.17, 15) is 8.42 Å². The van der Waals surface area contributed by atoms with Gasteiger partial charge in [-0.25, -0.2) is 18.4 Å². The third kappa shape index (κ3) is 2.37. The summed E-state index contributed by atoms with van der Waals surface area (Å²) in [6.07, 6.45) is 2.09. The Bertz CT molecular complexity index is 800. The van der Waals surface area contributed by atoms with Crippen LogP contribution in [0, 0.1) is 5.92 Å². The topological polar surface area (TPSA) is 63.2 Å². The second kappa shape index (κ2) is 4.94. The van der Waals surface area contributed by atoms with Gasteiger partial charge in [-0.05, 0) is 30.0 Å². The summed E-state index contributed by atoms with van der Waals surface area (Å²) in [4.78, 5) is 11.2. The van der Waals surface area contributed by atoms with E-state index in [2.05, 4.69) is 28.7 Å². The van der Waals surface area contributed by atoms with E-state index in [-0.39, 0.29) is 5.75 Å². The quantitative estimate of drug-likeness (QED) is 0.868. The first-order valence-corrected chi connectivity index (χ1v) is 8.76. The minimum atomic E-state index is -3.14. The molecule has 21 heavy (non-hydrogen) atoms. The van der Waals surface area contributed by atoms with E-state index in [1.165, 1.54) is 0 Å². The highest BCUT2D eigenvalue weighted by Crippen LogP contribution is 2.35. The molecule has 0 radical (unpaired) electrons. The second-order valence-electron chi connectivity index (χ2n) is 5.98. The van der Waals surface area contributed by atoms with Crippen LogP contribution in [-0.2, 0) is 16.3 Å². The zero-order valence-electron chi connectivity index (χ0n) is 12.5. The Hall–Kier alpha value is -1.69. The number of fused-ring (bicyclic) bond motifs is 3. The molecule has 0 unspecified atom stereocenters. The standard InChI is InChI=1S/C15H19N3O2S/c1-10(2)8-18(3)15-14-11-6-7-21(19,20)13(11)5-4-12(14)16-9-17-15/h4-5,9-10H,6-8H2,1-3H3. The molecular weight excluding hydrogens is 286 g/mol. The Morgan fingerprint density at radius 1 is 1.29 bits per heavy atom. The van der Waals surface area contributed by atoms with Gasteiger partial charge in [0, 0.05) is 19.0 Å². The molecule has 6 heteroatoms. The Labute approximate surface area is 124 Å². The van der Waals surface area contributed by atoms with Gasteiger partial charge in [0.2, 0.25) is 0 Å². The fourth-order valence-electron chi connectivity index (χ4n) is 2.99. The largest absolute Gasteiger partial charge is 0.359 e. The third-order valence-electron chi connectivity index (χ3n) is 3.80. The van der Waals surface area contributed by atoms with Crippen LogP contribution in [0.3, 0.4) is 0 Å². The number of hydrogen-bond donors (Lipinski definition) is 0. The van der Waals surface area contributed by atoms with Crippen molar-refractivity contribution in [2.24, 2.45) is 5.92 Å². The summed E-state index contributed by atoms with van der Waals surface area (Å²) in [7, 11) is -1.15. The summed E-state index contributed by atoms with van der Waals surface area (Å²) < 4.78 is 24.2. The third-order valence-corrected chi connectivity index (χ3v) is 5.60. The van der Waals surface area contributed by atoms with Crippen molar-refractivity contribution < 1.29 is 8.42 Å². The average molecular weight is 305 g/mol. The normalized spacial score (nSPS) is 16.4. The summed E-state index contributed by atoms with van der Waals surface area (Å²) in [6.45, 7) is 5.16. The number of anilines is 1. The number of aromatic nitrogens is 2. The van der Waals surface area contributed by atoms with Gasteiger partial charge in [0.25, 0.3) is 0 Å². The van der Waals surface area contributed by atoms with E-state index in [0.717, 1.165) is 28.8 Å². The molecule has 0 fully saturated rings. The van der Waals surface area contributed by atoms with Gasteiger partial charge < -0.3 is 4.90 Å². The molecule has 0 bridgehead atoms. The Morgan fingerprint density at radius 2 is 2.05 bits per heavy atom. The van der Waals surface area contributed by atoms with Gasteiger partial charge in [0.1, 0.15) is 12.1 Å². The Morgan fingerprint density at radius 3 is 2.76 bits per heavy atom. The number of benzene rings is 1. The molecule has 0 aliphatic carbocycles. The fourth-order valence-corrected chi connectivity index (χ4v) is 4.54. The van der Waals surface area contributed by atoms with E-state index in [1.54, 1.807) is 18.5 Å². The van der Waals surface area contributed by atoms with Crippen LogP contribution in [-0.4, -0.2) is 37.7 Å². The summed E-state index contributed by atoms with van der Waals surface area (Å²) in [5.41, 5.74) is 1.69. The molecule has 1 aromatic carbocycles. The fraction of sp³-hybridized carbons (Fsp3) is 0.467. The van der Waals surface area contributed by atoms with Gasteiger partial charge in [0.05, 0.1) is 16.2 Å². The van der Waals surface area contributed by atoms with E-state index in [0.29, 0.717) is 17.2 Å². The maximum atomic E-state index is 12.1. The van der Waals surface area contributed by atoms with Crippen LogP contribution in [0.15, 0.2) is 23.4 Å². The lowest BCUT2D eigenvalue weighted by Crippen LogP contribution is -2.24. The van der Waals surface area contributed by atoms with Crippen LogP contribution in [0.2, 0.25) is 0 Å². The van der Waals surface area contributed by atoms with E-state index >= 15 is 0 Å². The molecule has 2 aromatic rings. The molecule has 0 amide bonds. The second-order valence-corrected chi connectivity index (χ2v) is 8.05. The van der Waals surface area contributed by atoms with Gasteiger partial charge in [-0.1, -0.05) is 13.8 Å². The van der Waals surface area contributed by atoms with Crippen molar-refractivity contribution in [1.29, 1.82) is 0 Å². The van der Waals surface area contributed by atoms with Gasteiger partial charge in [-0.3, -0.25) is 0 Å². The average Bonchev–Trinajstić information content (AvgIpc) is 2.73. The maximum Gasteiger partial charge on any atom is 0.179 e. The number of hydrogen-bond acceptors (Lipinski definition) is 5. The predicted octanol–water partition coefficient (Wildman–Crippen LogP) is 2.05. The zero-order chi connectivity index (χ0) is 15.2. The minimum absolute atomic E-state index is 0.184. The van der Waals surface area contributed by atoms with Crippen molar-refractivity contribution in [2.45, 2.75) is 25.2 Å². The van der Waals surface area contributed by atoms with Crippen molar-refractivity contribution in [3.63, 3.8) is 0 Å². The lowest BCUT2D eigenvalue weighted by molar-refractivity contribution is 0.600. The minimum Gasteiger partial charge on any atom is -0.359 e. The zero-order valence-corrected chi connectivity index (χ0v) is 13.3. The van der Waals surface area contributed by atoms with Gasteiger partial charge in [-0.2, -0.15) is 0 Å². The smallest absolute Gasteiger partial charge is 0.179 e. The Kier molecular flexibility index (Phi) is 3.36. The summed E-state index contributed by atoms with van der Waals surface area (Å²) in [5.74, 6) is 1.51. The maximum absolute atomic E-state index is 12.1. The lowest BCUT2D eigenvalue weighted by atomic mass is 10.1. The van der Waals surface area contributed by atoms with Crippen molar-refractivity contribution >= 4 is 26.6 Å². The molecule has 1 aliphatic heterocycles. The van der Waals surface area contributed by atoms with Crippen LogP contribution in [0.1, 0.15) is 19.4 Å².